The standard InChI is InChI=1S/C22H23NO3S2/c1-22(2,3)17-5-8-19(9-6-17)28(25,26)14-15-4-10-20-16(12-15)13-18(27-20)7-11-21(23)24/h4-13H,14H2,1-3H3,(H2,23,24)/b11-7+. The van der Waals surface area contributed by atoms with Crippen molar-refractivity contribution in [3.63, 3.8) is 0 Å². The summed E-state index contributed by atoms with van der Waals surface area (Å²) in [7, 11) is -3.43. The summed E-state index contributed by atoms with van der Waals surface area (Å²) in [4.78, 5) is 12.1. The molecule has 1 heterocycles. The summed E-state index contributed by atoms with van der Waals surface area (Å²) in [5.41, 5.74) is 6.94. The van der Waals surface area contributed by atoms with Crippen LogP contribution in [0.5, 0.6) is 0 Å². The Labute approximate surface area is 169 Å². The number of sulfone groups is 1. The normalized spacial score (nSPS) is 12.7. The SMILES string of the molecule is CC(C)(C)c1ccc(S(=O)(=O)Cc2ccc3sc(/C=C/C(N)=O)cc3c2)cc1. The van der Waals surface area contributed by atoms with E-state index >= 15 is 0 Å². The van der Waals surface area contributed by atoms with Crippen LogP contribution in [0.2, 0.25) is 0 Å². The molecule has 1 amide bonds. The number of carbonyl (C=O) groups is 1. The first-order valence-electron chi connectivity index (χ1n) is 8.88. The Balaban J connectivity index is 1.85. The molecule has 2 aromatic carbocycles. The Morgan fingerprint density at radius 2 is 1.75 bits per heavy atom. The van der Waals surface area contributed by atoms with Crippen LogP contribution in [-0.2, 0) is 25.8 Å². The van der Waals surface area contributed by atoms with Crippen LogP contribution in [0.4, 0.5) is 0 Å². The van der Waals surface area contributed by atoms with Crippen molar-refractivity contribution in [1.82, 2.24) is 0 Å². The van der Waals surface area contributed by atoms with Gasteiger partial charge in [-0.05, 0) is 58.3 Å². The van der Waals surface area contributed by atoms with Crippen molar-refractivity contribution in [2.24, 2.45) is 5.73 Å². The summed E-state index contributed by atoms with van der Waals surface area (Å²) in [5, 5.41) is 0.949. The van der Waals surface area contributed by atoms with Gasteiger partial charge in [0.05, 0.1) is 10.6 Å². The molecule has 3 aromatic rings. The quantitative estimate of drug-likeness (QED) is 0.618. The third kappa shape index (κ3) is 4.69. The lowest BCUT2D eigenvalue weighted by Crippen LogP contribution is -2.11. The van der Waals surface area contributed by atoms with Crippen LogP contribution in [0, 0.1) is 0 Å². The van der Waals surface area contributed by atoms with E-state index in [9.17, 15) is 13.2 Å². The van der Waals surface area contributed by atoms with Gasteiger partial charge in [0.2, 0.25) is 5.91 Å². The predicted molar refractivity (Wildman–Crippen MR) is 116 cm³/mol. The molecule has 6 heteroatoms. The van der Waals surface area contributed by atoms with Crippen molar-refractivity contribution in [3.05, 3.63) is 70.6 Å². The first kappa shape index (κ1) is 20.3. The molecule has 0 spiro atoms. The van der Waals surface area contributed by atoms with Gasteiger partial charge in [0.1, 0.15) is 0 Å². The predicted octanol–water partition coefficient (Wildman–Crippen LogP) is 4.67. The molecule has 0 saturated carbocycles. The van der Waals surface area contributed by atoms with Crippen LogP contribution >= 0.6 is 11.3 Å². The number of fused-ring (bicyclic) bond motifs is 1. The van der Waals surface area contributed by atoms with Gasteiger partial charge in [-0.2, -0.15) is 0 Å². The van der Waals surface area contributed by atoms with Crippen LogP contribution in [0.25, 0.3) is 16.2 Å². The number of rotatable bonds is 5. The number of thiophene rings is 1. The van der Waals surface area contributed by atoms with Crippen molar-refractivity contribution in [2.45, 2.75) is 36.8 Å². The molecule has 1 aromatic heterocycles. The fourth-order valence-electron chi connectivity index (χ4n) is 2.91. The highest BCUT2D eigenvalue weighted by Gasteiger charge is 2.18. The topological polar surface area (TPSA) is 77.2 Å². The zero-order valence-corrected chi connectivity index (χ0v) is 17.7. The van der Waals surface area contributed by atoms with E-state index in [2.05, 4.69) is 20.8 Å². The summed E-state index contributed by atoms with van der Waals surface area (Å²) >= 11 is 1.52. The minimum absolute atomic E-state index is 0.0209. The zero-order chi connectivity index (χ0) is 20.5. The van der Waals surface area contributed by atoms with Gasteiger partial charge in [-0.15, -0.1) is 11.3 Å². The van der Waals surface area contributed by atoms with E-state index in [-0.39, 0.29) is 11.2 Å². The highest BCUT2D eigenvalue weighted by Crippen LogP contribution is 2.29. The maximum absolute atomic E-state index is 12.8. The molecular formula is C22H23NO3S2. The third-order valence-electron chi connectivity index (χ3n) is 4.45. The van der Waals surface area contributed by atoms with Crippen molar-refractivity contribution in [1.29, 1.82) is 0 Å². The van der Waals surface area contributed by atoms with E-state index in [1.165, 1.54) is 17.4 Å². The second kappa shape index (κ2) is 7.53. The van der Waals surface area contributed by atoms with Gasteiger partial charge >= 0.3 is 0 Å². The summed E-state index contributed by atoms with van der Waals surface area (Å²) in [5.74, 6) is -0.554. The number of carbonyl (C=O) groups excluding carboxylic acids is 1. The van der Waals surface area contributed by atoms with E-state index in [0.717, 1.165) is 26.1 Å². The lowest BCUT2D eigenvalue weighted by Gasteiger charge is -2.19. The van der Waals surface area contributed by atoms with E-state index in [1.54, 1.807) is 18.2 Å². The van der Waals surface area contributed by atoms with Crippen LogP contribution in [0.3, 0.4) is 0 Å². The van der Waals surface area contributed by atoms with Gasteiger partial charge in [0.15, 0.2) is 9.84 Å². The molecule has 3 rings (SSSR count). The van der Waals surface area contributed by atoms with E-state index in [1.807, 2.05) is 36.4 Å². The number of hydrogen-bond donors (Lipinski definition) is 1. The van der Waals surface area contributed by atoms with Gasteiger partial charge in [0, 0.05) is 15.7 Å². The first-order chi connectivity index (χ1) is 13.0. The summed E-state index contributed by atoms with van der Waals surface area (Å²) in [6.45, 7) is 6.29. The maximum Gasteiger partial charge on any atom is 0.241 e. The van der Waals surface area contributed by atoms with Crippen molar-refractivity contribution in [3.8, 4) is 0 Å². The highest BCUT2D eigenvalue weighted by molar-refractivity contribution is 7.90. The maximum atomic E-state index is 12.8. The summed E-state index contributed by atoms with van der Waals surface area (Å²) in [6, 6.07) is 14.7. The number of primary amides is 1. The molecule has 0 aliphatic rings. The molecule has 0 bridgehead atoms. The Bertz CT molecular complexity index is 1150. The van der Waals surface area contributed by atoms with E-state index in [4.69, 9.17) is 5.73 Å². The Kier molecular flexibility index (Phi) is 5.46. The number of nitrogens with two attached hydrogens (primary N) is 1. The lowest BCUT2D eigenvalue weighted by atomic mass is 9.87. The number of hydrogen-bond acceptors (Lipinski definition) is 4. The molecule has 0 atom stereocenters. The smallest absolute Gasteiger partial charge is 0.241 e. The molecular weight excluding hydrogens is 390 g/mol. The molecule has 4 nitrogen and oxygen atoms in total. The number of benzene rings is 2. The average molecular weight is 414 g/mol. The van der Waals surface area contributed by atoms with Gasteiger partial charge in [-0.25, -0.2) is 8.42 Å². The molecule has 0 aliphatic heterocycles. The molecule has 146 valence electrons. The largest absolute Gasteiger partial charge is 0.366 e. The summed E-state index contributed by atoms with van der Waals surface area (Å²) in [6.07, 6.45) is 2.98. The fraction of sp³-hybridized carbons (Fsp3) is 0.227. The van der Waals surface area contributed by atoms with Crippen LogP contribution in [-0.4, -0.2) is 14.3 Å². The zero-order valence-electron chi connectivity index (χ0n) is 16.1. The Hall–Kier alpha value is -2.44. The van der Waals surface area contributed by atoms with Crippen molar-refractivity contribution < 1.29 is 13.2 Å². The monoisotopic (exact) mass is 413 g/mol. The fourth-order valence-corrected chi connectivity index (χ4v) is 5.20. The van der Waals surface area contributed by atoms with Gasteiger partial charge in [-0.1, -0.05) is 39.0 Å². The highest BCUT2D eigenvalue weighted by atomic mass is 32.2. The molecule has 0 saturated heterocycles. The average Bonchev–Trinajstić information content (AvgIpc) is 3.01. The van der Waals surface area contributed by atoms with E-state index < -0.39 is 15.7 Å². The van der Waals surface area contributed by atoms with Crippen LogP contribution < -0.4 is 5.73 Å². The number of amides is 1. The Morgan fingerprint density at radius 3 is 2.36 bits per heavy atom. The molecule has 2 N–H and O–H groups in total. The van der Waals surface area contributed by atoms with Crippen molar-refractivity contribution >= 4 is 43.2 Å². The van der Waals surface area contributed by atoms with Gasteiger partial charge in [-0.3, -0.25) is 4.79 Å². The molecule has 0 unspecified atom stereocenters. The van der Waals surface area contributed by atoms with Gasteiger partial charge in [0.25, 0.3) is 0 Å². The Morgan fingerprint density at radius 1 is 1.07 bits per heavy atom. The van der Waals surface area contributed by atoms with Crippen LogP contribution in [0.15, 0.2) is 59.5 Å². The second-order valence-corrected chi connectivity index (χ2v) is 10.9. The lowest BCUT2D eigenvalue weighted by molar-refractivity contribution is -0.113. The molecule has 0 aliphatic carbocycles. The third-order valence-corrected chi connectivity index (χ3v) is 7.23. The first-order valence-corrected chi connectivity index (χ1v) is 11.3. The van der Waals surface area contributed by atoms with Gasteiger partial charge < -0.3 is 5.73 Å². The van der Waals surface area contributed by atoms with Crippen LogP contribution in [0.1, 0.15) is 36.8 Å². The molecule has 28 heavy (non-hydrogen) atoms. The molecule has 0 fully saturated rings. The van der Waals surface area contributed by atoms with Crippen molar-refractivity contribution in [2.75, 3.05) is 0 Å². The minimum Gasteiger partial charge on any atom is -0.366 e. The van der Waals surface area contributed by atoms with E-state index in [0.29, 0.717) is 4.90 Å². The summed E-state index contributed by atoms with van der Waals surface area (Å²) < 4.78 is 26.7. The second-order valence-electron chi connectivity index (χ2n) is 7.79. The molecule has 0 radical (unpaired) electrons. The minimum atomic E-state index is -3.43.